The molecule has 3 heteroatoms. The van der Waals surface area contributed by atoms with Crippen LogP contribution in [0.15, 0.2) is 11.6 Å². The average Bonchev–Trinajstić information content (AvgIpc) is 3.14. The minimum Gasteiger partial charge on any atom is -0.413 e. The van der Waals surface area contributed by atoms with Gasteiger partial charge in [-0.3, -0.25) is 0 Å². The summed E-state index contributed by atoms with van der Waals surface area (Å²) < 4.78 is 12.9. The first-order chi connectivity index (χ1) is 11.3. The van der Waals surface area contributed by atoms with Crippen LogP contribution in [0.5, 0.6) is 0 Å². The predicted molar refractivity (Wildman–Crippen MR) is 104 cm³/mol. The van der Waals surface area contributed by atoms with Crippen LogP contribution in [0.2, 0.25) is 18.1 Å². The summed E-state index contributed by atoms with van der Waals surface area (Å²) in [4.78, 5) is 0. The highest BCUT2D eigenvalue weighted by Crippen LogP contribution is 2.45. The summed E-state index contributed by atoms with van der Waals surface area (Å²) in [7, 11) is -1.70. The molecule has 0 radical (unpaired) electrons. The van der Waals surface area contributed by atoms with Gasteiger partial charge in [0.15, 0.2) is 8.32 Å². The highest BCUT2D eigenvalue weighted by atomic mass is 28.4. The van der Waals surface area contributed by atoms with Gasteiger partial charge in [0.25, 0.3) is 0 Å². The number of fused-ring (bicyclic) bond motifs is 3. The molecule has 1 heterocycles. The van der Waals surface area contributed by atoms with Crippen molar-refractivity contribution in [2.75, 3.05) is 0 Å². The van der Waals surface area contributed by atoms with E-state index in [9.17, 15) is 0 Å². The molecule has 1 fully saturated rings. The Kier molecular flexibility index (Phi) is 5.63. The van der Waals surface area contributed by atoms with Crippen LogP contribution in [-0.2, 0) is 9.16 Å². The van der Waals surface area contributed by atoms with Crippen LogP contribution in [0.1, 0.15) is 78.6 Å². The standard InChI is InChI=1S/C21H38O2Si/c1-21(2,3)24(4,5)23-19-15-17-14-16(19)12-10-8-6-7-9-11-13-18-20(17)22-18/h14,16,18-20H,6-13,15H2,1-5H3/t16-,18-,19+,20+/m1/s1. The second-order valence-electron chi connectivity index (χ2n) is 9.82. The molecule has 1 aliphatic heterocycles. The van der Waals surface area contributed by atoms with Gasteiger partial charge in [-0.1, -0.05) is 65.4 Å². The summed E-state index contributed by atoms with van der Waals surface area (Å²) in [6.45, 7) is 11.9. The first-order valence-electron chi connectivity index (χ1n) is 10.3. The van der Waals surface area contributed by atoms with E-state index in [1.807, 2.05) is 0 Å². The maximum atomic E-state index is 6.86. The Morgan fingerprint density at radius 1 is 1.00 bits per heavy atom. The molecule has 0 N–H and O–H groups in total. The summed E-state index contributed by atoms with van der Waals surface area (Å²) in [6, 6.07) is 0. The van der Waals surface area contributed by atoms with Gasteiger partial charge in [-0.2, -0.15) is 0 Å². The molecule has 0 spiro atoms. The zero-order valence-corrected chi connectivity index (χ0v) is 17.6. The topological polar surface area (TPSA) is 21.8 Å². The van der Waals surface area contributed by atoms with Crippen molar-refractivity contribution in [2.45, 2.75) is 115 Å². The molecule has 3 rings (SSSR count). The molecule has 0 saturated carbocycles. The maximum absolute atomic E-state index is 6.86. The summed E-state index contributed by atoms with van der Waals surface area (Å²) in [5, 5.41) is 0.291. The third kappa shape index (κ3) is 4.34. The molecule has 0 aromatic carbocycles. The molecule has 0 aromatic rings. The van der Waals surface area contributed by atoms with E-state index in [2.05, 4.69) is 39.9 Å². The van der Waals surface area contributed by atoms with Crippen LogP contribution >= 0.6 is 0 Å². The molecule has 3 aliphatic rings. The molecule has 4 atom stereocenters. The van der Waals surface area contributed by atoms with Gasteiger partial charge in [0.1, 0.15) is 6.10 Å². The second-order valence-corrected chi connectivity index (χ2v) is 14.6. The fourth-order valence-electron chi connectivity index (χ4n) is 4.12. The van der Waals surface area contributed by atoms with Gasteiger partial charge < -0.3 is 9.16 Å². The van der Waals surface area contributed by atoms with Gasteiger partial charge in [-0.05, 0) is 43.0 Å². The smallest absolute Gasteiger partial charge is 0.192 e. The summed E-state index contributed by atoms with van der Waals surface area (Å²) in [5.74, 6) is 0.625. The minimum atomic E-state index is -1.70. The molecule has 138 valence electrons. The highest BCUT2D eigenvalue weighted by Gasteiger charge is 2.47. The number of ether oxygens (including phenoxy) is 1. The second kappa shape index (κ2) is 7.24. The van der Waals surface area contributed by atoms with Gasteiger partial charge in [0.2, 0.25) is 0 Å². The first-order valence-corrected chi connectivity index (χ1v) is 13.2. The van der Waals surface area contributed by atoms with Gasteiger partial charge >= 0.3 is 0 Å². The molecule has 2 aliphatic carbocycles. The van der Waals surface area contributed by atoms with Gasteiger partial charge in [-0.25, -0.2) is 0 Å². The SMILES string of the molecule is CC(C)(C)[Si](C)(C)O[C@H]1CC2=C[C@H]1CCCCCCCC[C@H]1O[C@@H]21. The van der Waals surface area contributed by atoms with E-state index in [1.54, 1.807) is 5.57 Å². The molecule has 0 aromatic heterocycles. The van der Waals surface area contributed by atoms with Crippen LogP contribution < -0.4 is 0 Å². The van der Waals surface area contributed by atoms with Crippen LogP contribution in [0.25, 0.3) is 0 Å². The monoisotopic (exact) mass is 350 g/mol. The van der Waals surface area contributed by atoms with Crippen LogP contribution in [-0.4, -0.2) is 26.6 Å². The molecule has 2 nitrogen and oxygen atoms in total. The van der Waals surface area contributed by atoms with Crippen molar-refractivity contribution < 1.29 is 9.16 Å². The minimum absolute atomic E-state index is 0.291. The summed E-state index contributed by atoms with van der Waals surface area (Å²) in [5.41, 5.74) is 1.56. The lowest BCUT2D eigenvalue weighted by atomic mass is 9.97. The van der Waals surface area contributed by atoms with Crippen molar-refractivity contribution in [1.29, 1.82) is 0 Å². The van der Waals surface area contributed by atoms with Gasteiger partial charge in [-0.15, -0.1) is 0 Å². The Morgan fingerprint density at radius 2 is 1.62 bits per heavy atom. The number of epoxide rings is 1. The van der Waals surface area contributed by atoms with Crippen LogP contribution in [0.3, 0.4) is 0 Å². The third-order valence-electron chi connectivity index (χ3n) is 6.82. The summed E-state index contributed by atoms with van der Waals surface area (Å²) in [6.07, 6.45) is 15.9. The normalized spacial score (nSPS) is 35.3. The lowest BCUT2D eigenvalue weighted by Gasteiger charge is -2.40. The van der Waals surface area contributed by atoms with E-state index in [-0.39, 0.29) is 0 Å². The molecular weight excluding hydrogens is 312 g/mol. The Bertz CT molecular complexity index is 463. The largest absolute Gasteiger partial charge is 0.413 e. The maximum Gasteiger partial charge on any atom is 0.192 e. The fourth-order valence-corrected chi connectivity index (χ4v) is 5.49. The average molecular weight is 351 g/mol. The number of hydrogen-bond acceptors (Lipinski definition) is 2. The van der Waals surface area contributed by atoms with E-state index in [1.165, 1.54) is 51.4 Å². The van der Waals surface area contributed by atoms with Crippen molar-refractivity contribution in [2.24, 2.45) is 5.92 Å². The van der Waals surface area contributed by atoms with Crippen molar-refractivity contribution >= 4 is 8.32 Å². The highest BCUT2D eigenvalue weighted by molar-refractivity contribution is 6.74. The van der Waals surface area contributed by atoms with Crippen molar-refractivity contribution in [3.63, 3.8) is 0 Å². The molecule has 24 heavy (non-hydrogen) atoms. The number of rotatable bonds is 2. The van der Waals surface area contributed by atoms with Gasteiger partial charge in [0, 0.05) is 5.92 Å². The van der Waals surface area contributed by atoms with E-state index >= 15 is 0 Å². The Balaban J connectivity index is 1.67. The Hall–Kier alpha value is -0.123. The van der Waals surface area contributed by atoms with E-state index < -0.39 is 8.32 Å². The molecule has 1 saturated heterocycles. The van der Waals surface area contributed by atoms with Crippen LogP contribution in [0.4, 0.5) is 0 Å². The van der Waals surface area contributed by atoms with Gasteiger partial charge in [0.05, 0.1) is 12.2 Å². The molecule has 0 unspecified atom stereocenters. The fraction of sp³-hybridized carbons (Fsp3) is 0.905. The van der Waals surface area contributed by atoms with Crippen molar-refractivity contribution in [3.05, 3.63) is 11.6 Å². The zero-order valence-electron chi connectivity index (χ0n) is 16.6. The quantitative estimate of drug-likeness (QED) is 0.335. The Labute approximate surface area is 150 Å². The van der Waals surface area contributed by atoms with E-state index in [0.717, 1.165) is 6.42 Å². The lowest BCUT2D eigenvalue weighted by molar-refractivity contribution is 0.143. The zero-order chi connectivity index (χ0) is 17.4. The van der Waals surface area contributed by atoms with Crippen molar-refractivity contribution in [1.82, 2.24) is 0 Å². The number of hydrogen-bond donors (Lipinski definition) is 0. The molecule has 0 amide bonds. The Morgan fingerprint density at radius 3 is 2.29 bits per heavy atom. The van der Waals surface area contributed by atoms with Crippen molar-refractivity contribution in [3.8, 4) is 0 Å². The van der Waals surface area contributed by atoms with E-state index in [0.29, 0.717) is 29.3 Å². The summed E-state index contributed by atoms with van der Waals surface area (Å²) >= 11 is 0. The third-order valence-corrected chi connectivity index (χ3v) is 11.3. The van der Waals surface area contributed by atoms with E-state index in [4.69, 9.17) is 9.16 Å². The van der Waals surface area contributed by atoms with Crippen LogP contribution in [0, 0.1) is 5.92 Å². The molecular formula is C21H38O2Si. The predicted octanol–water partition coefficient (Wildman–Crippen LogP) is 6.22. The molecule has 2 bridgehead atoms. The first kappa shape index (κ1) is 18.7. The lowest BCUT2D eigenvalue weighted by Crippen LogP contribution is -2.45.